The molecule has 1 unspecified atom stereocenters. The minimum atomic E-state index is 0.452. The molecule has 1 aliphatic heterocycles. The molecule has 0 aliphatic carbocycles. The molecule has 1 aliphatic rings. The minimum absolute atomic E-state index is 0.452. The van der Waals surface area contributed by atoms with E-state index in [1.165, 1.54) is 24.9 Å². The van der Waals surface area contributed by atoms with Crippen LogP contribution < -0.4 is 10.6 Å². The topological polar surface area (TPSA) is 29.3 Å². The third-order valence-electron chi connectivity index (χ3n) is 4.29. The molecular weight excluding hydrogens is 332 g/mol. The number of hydrogen-bond acceptors (Lipinski definition) is 2. The van der Waals surface area contributed by atoms with E-state index < -0.39 is 0 Å². The van der Waals surface area contributed by atoms with E-state index in [0.717, 1.165) is 35.0 Å². The maximum atomic E-state index is 5.68. The minimum Gasteiger partial charge on any atom is -0.389 e. The van der Waals surface area contributed by atoms with Crippen molar-refractivity contribution < 1.29 is 0 Å². The highest BCUT2D eigenvalue weighted by Crippen LogP contribution is 2.32. The van der Waals surface area contributed by atoms with Crippen LogP contribution in [0.2, 0.25) is 0 Å². The van der Waals surface area contributed by atoms with Gasteiger partial charge in [-0.15, -0.1) is 0 Å². The van der Waals surface area contributed by atoms with Gasteiger partial charge in [-0.1, -0.05) is 26.1 Å². The lowest BCUT2D eigenvalue weighted by Crippen LogP contribution is -2.25. The number of hydrogen-bond donors (Lipinski definition) is 1. The van der Waals surface area contributed by atoms with Gasteiger partial charge in [0.2, 0.25) is 0 Å². The second kappa shape index (κ2) is 6.90. The average Bonchev–Trinajstić information content (AvgIpc) is 2.64. The smallest absolute Gasteiger partial charge is 0.104 e. The lowest BCUT2D eigenvalue weighted by Gasteiger charge is -2.25. The molecule has 2 nitrogen and oxygen atoms in total. The highest BCUT2D eigenvalue weighted by atomic mass is 79.9. The first kappa shape index (κ1) is 15.8. The van der Waals surface area contributed by atoms with Gasteiger partial charge in [0.1, 0.15) is 4.99 Å². The van der Waals surface area contributed by atoms with Crippen molar-refractivity contribution in [1.82, 2.24) is 0 Å². The van der Waals surface area contributed by atoms with Crippen LogP contribution in [0.25, 0.3) is 0 Å². The molecule has 0 bridgehead atoms. The summed E-state index contributed by atoms with van der Waals surface area (Å²) in [6.45, 7) is 6.95. The maximum Gasteiger partial charge on any atom is 0.104 e. The van der Waals surface area contributed by atoms with Crippen LogP contribution in [-0.2, 0) is 0 Å². The van der Waals surface area contributed by atoms with E-state index in [1.54, 1.807) is 0 Å². The molecule has 0 spiro atoms. The van der Waals surface area contributed by atoms with Gasteiger partial charge in [0.25, 0.3) is 0 Å². The fraction of sp³-hybridized carbons (Fsp3) is 0.562. The number of rotatable bonds is 3. The Hall–Kier alpha value is -0.610. The summed E-state index contributed by atoms with van der Waals surface area (Å²) in [6, 6.07) is 6.18. The fourth-order valence-electron chi connectivity index (χ4n) is 2.95. The van der Waals surface area contributed by atoms with E-state index in [4.69, 9.17) is 18.0 Å². The zero-order valence-electron chi connectivity index (χ0n) is 12.2. The summed E-state index contributed by atoms with van der Waals surface area (Å²) in [5.41, 5.74) is 7.87. The second-order valence-electron chi connectivity index (χ2n) is 5.95. The number of halogens is 1. The Balaban J connectivity index is 2.13. The van der Waals surface area contributed by atoms with Gasteiger partial charge in [0, 0.05) is 23.1 Å². The van der Waals surface area contributed by atoms with Crippen LogP contribution in [0.15, 0.2) is 22.7 Å². The first-order valence-corrected chi connectivity index (χ1v) is 8.53. The van der Waals surface area contributed by atoms with E-state index in [0.29, 0.717) is 4.99 Å². The van der Waals surface area contributed by atoms with E-state index in [-0.39, 0.29) is 0 Å². The Morgan fingerprint density at radius 2 is 2.10 bits per heavy atom. The summed E-state index contributed by atoms with van der Waals surface area (Å²) in [5.74, 6) is 1.64. The van der Waals surface area contributed by atoms with Crippen LogP contribution in [0.4, 0.5) is 5.69 Å². The zero-order chi connectivity index (χ0) is 14.7. The molecule has 0 radical (unpaired) electrons. The molecule has 0 aromatic heterocycles. The van der Waals surface area contributed by atoms with Gasteiger partial charge >= 0.3 is 0 Å². The SMILES string of the molecule is CC(C)C1CCCN(c2ccc(C(N)=S)cc2Br)CC1. The Morgan fingerprint density at radius 3 is 2.70 bits per heavy atom. The van der Waals surface area contributed by atoms with E-state index in [2.05, 4.69) is 40.7 Å². The van der Waals surface area contributed by atoms with Gasteiger partial charge in [-0.25, -0.2) is 0 Å². The van der Waals surface area contributed by atoms with Gasteiger partial charge in [-0.3, -0.25) is 0 Å². The van der Waals surface area contributed by atoms with Crippen molar-refractivity contribution in [2.45, 2.75) is 33.1 Å². The van der Waals surface area contributed by atoms with Gasteiger partial charge in [0.05, 0.1) is 5.69 Å². The van der Waals surface area contributed by atoms with Gasteiger partial charge in [-0.05, 0) is 65.2 Å². The van der Waals surface area contributed by atoms with Crippen LogP contribution in [0, 0.1) is 11.8 Å². The third-order valence-corrected chi connectivity index (χ3v) is 5.16. The normalized spacial score (nSPS) is 20.0. The standard InChI is InChI=1S/C16H23BrN2S/c1-11(2)12-4-3-8-19(9-7-12)15-6-5-13(16(18)20)10-14(15)17/h5-6,10-12H,3-4,7-9H2,1-2H3,(H2,18,20). The first-order chi connectivity index (χ1) is 9.49. The molecule has 0 amide bonds. The van der Waals surface area contributed by atoms with E-state index >= 15 is 0 Å². The number of thiocarbonyl (C=S) groups is 1. The van der Waals surface area contributed by atoms with E-state index in [1.807, 2.05) is 12.1 Å². The second-order valence-corrected chi connectivity index (χ2v) is 7.25. The number of nitrogens with zero attached hydrogens (tertiary/aromatic N) is 1. The van der Waals surface area contributed by atoms with Crippen LogP contribution in [0.1, 0.15) is 38.7 Å². The molecule has 4 heteroatoms. The summed E-state index contributed by atoms with van der Waals surface area (Å²) < 4.78 is 1.09. The Morgan fingerprint density at radius 1 is 1.35 bits per heavy atom. The highest BCUT2D eigenvalue weighted by Gasteiger charge is 2.20. The largest absolute Gasteiger partial charge is 0.389 e. The van der Waals surface area contributed by atoms with Crippen LogP contribution >= 0.6 is 28.1 Å². The van der Waals surface area contributed by atoms with Crippen LogP contribution in [0.5, 0.6) is 0 Å². The quantitative estimate of drug-likeness (QED) is 0.818. The lowest BCUT2D eigenvalue weighted by molar-refractivity contribution is 0.351. The Bertz CT molecular complexity index is 487. The molecule has 2 N–H and O–H groups in total. The monoisotopic (exact) mass is 354 g/mol. The van der Waals surface area contributed by atoms with Crippen LogP contribution in [0.3, 0.4) is 0 Å². The molecule has 1 aromatic carbocycles. The van der Waals surface area contributed by atoms with Crippen molar-refractivity contribution in [2.24, 2.45) is 17.6 Å². The lowest BCUT2D eigenvalue weighted by atomic mass is 9.89. The molecule has 1 atom stereocenters. The average molecular weight is 355 g/mol. The predicted octanol–water partition coefficient (Wildman–Crippen LogP) is 4.35. The number of benzene rings is 1. The van der Waals surface area contributed by atoms with Crippen molar-refractivity contribution in [3.63, 3.8) is 0 Å². The summed E-state index contributed by atoms with van der Waals surface area (Å²) in [6.07, 6.45) is 3.89. The first-order valence-electron chi connectivity index (χ1n) is 7.33. The molecule has 20 heavy (non-hydrogen) atoms. The molecular formula is C16H23BrN2S. The van der Waals surface area contributed by atoms with Gasteiger partial charge in [-0.2, -0.15) is 0 Å². The molecule has 0 saturated carbocycles. The molecule has 110 valence electrons. The number of nitrogens with two attached hydrogens (primary N) is 1. The predicted molar refractivity (Wildman–Crippen MR) is 94.4 cm³/mol. The number of anilines is 1. The Labute approximate surface area is 135 Å². The highest BCUT2D eigenvalue weighted by molar-refractivity contribution is 9.10. The van der Waals surface area contributed by atoms with Crippen molar-refractivity contribution >= 4 is 38.8 Å². The van der Waals surface area contributed by atoms with Crippen molar-refractivity contribution in [1.29, 1.82) is 0 Å². The molecule has 1 fully saturated rings. The van der Waals surface area contributed by atoms with Crippen molar-refractivity contribution in [3.8, 4) is 0 Å². The molecule has 2 rings (SSSR count). The molecule has 1 aromatic rings. The van der Waals surface area contributed by atoms with Crippen molar-refractivity contribution in [3.05, 3.63) is 28.2 Å². The summed E-state index contributed by atoms with van der Waals surface area (Å²) >= 11 is 8.69. The molecule has 1 heterocycles. The van der Waals surface area contributed by atoms with E-state index in [9.17, 15) is 0 Å². The van der Waals surface area contributed by atoms with Crippen molar-refractivity contribution in [2.75, 3.05) is 18.0 Å². The molecule has 1 saturated heterocycles. The zero-order valence-corrected chi connectivity index (χ0v) is 14.6. The van der Waals surface area contributed by atoms with Crippen LogP contribution in [-0.4, -0.2) is 18.1 Å². The van der Waals surface area contributed by atoms with Gasteiger partial charge < -0.3 is 10.6 Å². The summed E-state index contributed by atoms with van der Waals surface area (Å²) in [5, 5.41) is 0. The fourth-order valence-corrected chi connectivity index (χ4v) is 3.70. The summed E-state index contributed by atoms with van der Waals surface area (Å²) in [7, 11) is 0. The third kappa shape index (κ3) is 3.73. The van der Waals surface area contributed by atoms with Gasteiger partial charge in [0.15, 0.2) is 0 Å². The Kier molecular flexibility index (Phi) is 5.44. The summed E-state index contributed by atoms with van der Waals surface area (Å²) in [4.78, 5) is 2.93. The maximum absolute atomic E-state index is 5.68.